The Kier molecular flexibility index (Phi) is 3.28. The van der Waals surface area contributed by atoms with E-state index in [1.165, 1.54) is 10.6 Å². The number of anilines is 1. The molecule has 0 atom stereocenters. The first kappa shape index (κ1) is 10.3. The fraction of sp³-hybridized carbons (Fsp3) is 0.333. The molecule has 76 valence electrons. The van der Waals surface area contributed by atoms with Crippen LogP contribution in [0, 0.1) is 0 Å². The predicted molar refractivity (Wildman–Crippen MR) is 52.4 cm³/mol. The number of nitrogens with zero attached hydrogens (tertiary/aromatic N) is 1. The molecule has 5 nitrogen and oxygen atoms in total. The molecule has 0 bridgehead atoms. The molecule has 0 aliphatic heterocycles. The van der Waals surface area contributed by atoms with Gasteiger partial charge in [0.2, 0.25) is 0 Å². The predicted octanol–water partition coefficient (Wildman–Crippen LogP) is 0.272. The maximum Gasteiger partial charge on any atom is 0.305 e. The molecule has 0 saturated heterocycles. The lowest BCUT2D eigenvalue weighted by Gasteiger charge is -2.04. The number of aliphatic carboxylic acids is 1. The maximum atomic E-state index is 11.1. The summed E-state index contributed by atoms with van der Waals surface area (Å²) in [7, 11) is 1.66. The molecule has 0 spiro atoms. The van der Waals surface area contributed by atoms with Crippen molar-refractivity contribution in [3.63, 3.8) is 0 Å². The first-order valence-electron chi connectivity index (χ1n) is 4.22. The van der Waals surface area contributed by atoms with Gasteiger partial charge in [-0.25, -0.2) is 0 Å². The van der Waals surface area contributed by atoms with E-state index >= 15 is 0 Å². The van der Waals surface area contributed by atoms with Crippen LogP contribution in [-0.4, -0.2) is 22.2 Å². The molecule has 0 unspecified atom stereocenters. The molecule has 1 aromatic heterocycles. The van der Waals surface area contributed by atoms with Gasteiger partial charge in [-0.15, -0.1) is 0 Å². The van der Waals surface area contributed by atoms with Gasteiger partial charge in [0.25, 0.3) is 5.56 Å². The van der Waals surface area contributed by atoms with Gasteiger partial charge < -0.3 is 15.0 Å². The van der Waals surface area contributed by atoms with Gasteiger partial charge >= 0.3 is 5.97 Å². The Morgan fingerprint density at radius 1 is 1.64 bits per heavy atom. The molecule has 5 heteroatoms. The molecular formula is C9H12N2O3. The van der Waals surface area contributed by atoms with Crippen molar-refractivity contribution in [2.75, 3.05) is 11.9 Å². The topological polar surface area (TPSA) is 71.3 Å². The highest BCUT2D eigenvalue weighted by Crippen LogP contribution is 2.00. The molecule has 0 aliphatic rings. The third-order valence-corrected chi connectivity index (χ3v) is 1.77. The molecular weight excluding hydrogens is 184 g/mol. The SMILES string of the molecule is Cn1ccc(NCCC(=O)O)cc1=O. The van der Waals surface area contributed by atoms with Gasteiger partial charge in [-0.1, -0.05) is 0 Å². The van der Waals surface area contributed by atoms with Gasteiger partial charge in [0.1, 0.15) is 0 Å². The van der Waals surface area contributed by atoms with E-state index in [-0.39, 0.29) is 12.0 Å². The highest BCUT2D eigenvalue weighted by Gasteiger charge is 1.97. The quantitative estimate of drug-likeness (QED) is 0.725. The van der Waals surface area contributed by atoms with Crippen LogP contribution in [0.3, 0.4) is 0 Å². The van der Waals surface area contributed by atoms with Crippen molar-refractivity contribution in [3.8, 4) is 0 Å². The van der Waals surface area contributed by atoms with Crippen molar-refractivity contribution in [2.45, 2.75) is 6.42 Å². The van der Waals surface area contributed by atoms with E-state index in [4.69, 9.17) is 5.11 Å². The summed E-state index contributed by atoms with van der Waals surface area (Å²) in [4.78, 5) is 21.3. The first-order valence-corrected chi connectivity index (χ1v) is 4.22. The lowest BCUT2D eigenvalue weighted by molar-refractivity contribution is -0.136. The average Bonchev–Trinajstić information content (AvgIpc) is 2.10. The average molecular weight is 196 g/mol. The van der Waals surface area contributed by atoms with Gasteiger partial charge in [0.15, 0.2) is 0 Å². The van der Waals surface area contributed by atoms with Crippen molar-refractivity contribution in [1.82, 2.24) is 4.57 Å². The fourth-order valence-electron chi connectivity index (χ4n) is 0.972. The zero-order chi connectivity index (χ0) is 10.6. The highest BCUT2D eigenvalue weighted by atomic mass is 16.4. The van der Waals surface area contributed by atoms with Gasteiger partial charge in [-0.3, -0.25) is 9.59 Å². The zero-order valence-corrected chi connectivity index (χ0v) is 7.86. The number of pyridine rings is 1. The van der Waals surface area contributed by atoms with Crippen molar-refractivity contribution in [3.05, 3.63) is 28.7 Å². The molecule has 1 rings (SSSR count). The van der Waals surface area contributed by atoms with E-state index in [1.807, 2.05) is 0 Å². The number of rotatable bonds is 4. The molecule has 0 fully saturated rings. The maximum absolute atomic E-state index is 11.1. The molecule has 14 heavy (non-hydrogen) atoms. The Morgan fingerprint density at radius 3 is 2.93 bits per heavy atom. The molecule has 0 aliphatic carbocycles. The lowest BCUT2D eigenvalue weighted by atomic mass is 10.3. The van der Waals surface area contributed by atoms with Crippen LogP contribution in [0.2, 0.25) is 0 Å². The van der Waals surface area contributed by atoms with Crippen LogP contribution in [0.15, 0.2) is 23.1 Å². The number of carbonyl (C=O) groups is 1. The van der Waals surface area contributed by atoms with Gasteiger partial charge in [-0.2, -0.15) is 0 Å². The summed E-state index contributed by atoms with van der Waals surface area (Å²) < 4.78 is 1.45. The molecule has 0 radical (unpaired) electrons. The number of carboxylic acid groups (broad SMARTS) is 1. The first-order chi connectivity index (χ1) is 6.59. The van der Waals surface area contributed by atoms with Gasteiger partial charge in [-0.05, 0) is 6.07 Å². The number of aromatic nitrogens is 1. The van der Waals surface area contributed by atoms with Crippen LogP contribution >= 0.6 is 0 Å². The van der Waals surface area contributed by atoms with Crippen molar-refractivity contribution >= 4 is 11.7 Å². The van der Waals surface area contributed by atoms with E-state index in [2.05, 4.69) is 5.32 Å². The van der Waals surface area contributed by atoms with E-state index in [9.17, 15) is 9.59 Å². The summed E-state index contributed by atoms with van der Waals surface area (Å²) in [6.45, 7) is 0.322. The third-order valence-electron chi connectivity index (χ3n) is 1.77. The van der Waals surface area contributed by atoms with E-state index in [0.29, 0.717) is 12.2 Å². The Morgan fingerprint density at radius 2 is 2.36 bits per heavy atom. The van der Waals surface area contributed by atoms with Crippen LogP contribution in [0.5, 0.6) is 0 Å². The Balaban J connectivity index is 2.56. The van der Waals surface area contributed by atoms with Crippen molar-refractivity contribution in [2.24, 2.45) is 7.05 Å². The zero-order valence-electron chi connectivity index (χ0n) is 7.86. The minimum Gasteiger partial charge on any atom is -0.481 e. The van der Waals surface area contributed by atoms with Gasteiger partial charge in [0, 0.05) is 31.5 Å². The summed E-state index contributed by atoms with van der Waals surface area (Å²) in [5.74, 6) is -0.860. The second-order valence-electron chi connectivity index (χ2n) is 2.94. The number of hydrogen-bond acceptors (Lipinski definition) is 3. The van der Waals surface area contributed by atoms with E-state index < -0.39 is 5.97 Å². The molecule has 1 heterocycles. The normalized spacial score (nSPS) is 9.79. The van der Waals surface area contributed by atoms with Crippen LogP contribution < -0.4 is 10.9 Å². The fourth-order valence-corrected chi connectivity index (χ4v) is 0.972. The lowest BCUT2D eigenvalue weighted by Crippen LogP contribution is -2.16. The largest absolute Gasteiger partial charge is 0.481 e. The molecule has 2 N–H and O–H groups in total. The molecule has 1 aromatic rings. The monoisotopic (exact) mass is 196 g/mol. The van der Waals surface area contributed by atoms with Gasteiger partial charge in [0.05, 0.1) is 6.42 Å². The highest BCUT2D eigenvalue weighted by molar-refractivity contribution is 5.67. The number of aryl methyl sites for hydroxylation is 1. The van der Waals surface area contributed by atoms with E-state index in [1.54, 1.807) is 19.3 Å². The van der Waals surface area contributed by atoms with Crippen LogP contribution in [-0.2, 0) is 11.8 Å². The molecule has 0 amide bonds. The number of carboxylic acids is 1. The summed E-state index contributed by atoms with van der Waals surface area (Å²) in [5, 5.41) is 11.2. The van der Waals surface area contributed by atoms with Crippen LogP contribution in [0.25, 0.3) is 0 Å². The van der Waals surface area contributed by atoms with Crippen molar-refractivity contribution in [1.29, 1.82) is 0 Å². The molecule has 0 aromatic carbocycles. The molecule has 0 saturated carbocycles. The minimum absolute atomic E-state index is 0.0369. The Hall–Kier alpha value is -1.78. The smallest absolute Gasteiger partial charge is 0.305 e. The van der Waals surface area contributed by atoms with Crippen LogP contribution in [0.1, 0.15) is 6.42 Å². The second-order valence-corrected chi connectivity index (χ2v) is 2.94. The number of nitrogens with one attached hydrogen (secondary N) is 1. The summed E-state index contributed by atoms with van der Waals surface area (Å²) >= 11 is 0. The van der Waals surface area contributed by atoms with Crippen molar-refractivity contribution < 1.29 is 9.90 Å². The summed E-state index contributed by atoms with van der Waals surface area (Å²) in [5.41, 5.74) is 0.527. The summed E-state index contributed by atoms with van der Waals surface area (Å²) in [6.07, 6.45) is 1.67. The minimum atomic E-state index is -0.860. The standard InChI is InChI=1S/C9H12N2O3/c1-11-5-3-7(6-8(11)12)10-4-2-9(13)14/h3,5-6,10H,2,4H2,1H3,(H,13,14). The Labute approximate surface area is 81.0 Å². The number of hydrogen-bond donors (Lipinski definition) is 2. The summed E-state index contributed by atoms with van der Waals surface area (Å²) in [6, 6.07) is 3.16. The Bertz CT molecular complexity index is 384. The third kappa shape index (κ3) is 2.93. The van der Waals surface area contributed by atoms with Crippen LogP contribution in [0.4, 0.5) is 5.69 Å². The van der Waals surface area contributed by atoms with E-state index in [0.717, 1.165) is 0 Å². The second kappa shape index (κ2) is 4.45.